The summed E-state index contributed by atoms with van der Waals surface area (Å²) in [6, 6.07) is 1.83. The van der Waals surface area contributed by atoms with Crippen molar-refractivity contribution >= 4 is 12.2 Å². The fraction of sp³-hybridized carbons (Fsp3) is 0.375. The van der Waals surface area contributed by atoms with Gasteiger partial charge in [-0.2, -0.15) is 5.10 Å². The third-order valence-electron chi connectivity index (χ3n) is 1.93. The second-order valence-electron chi connectivity index (χ2n) is 2.92. The van der Waals surface area contributed by atoms with Crippen LogP contribution >= 0.6 is 12.2 Å². The molecule has 0 atom stereocenters. The highest BCUT2D eigenvalue weighted by Gasteiger charge is 2.11. The molecule has 0 saturated heterocycles. The lowest BCUT2D eigenvalue weighted by molar-refractivity contribution is 0.399. The van der Waals surface area contributed by atoms with E-state index < -0.39 is 0 Å². The number of H-pyrrole nitrogens is 1. The molecule has 0 aliphatic rings. The van der Waals surface area contributed by atoms with E-state index in [1.807, 2.05) is 24.5 Å². The van der Waals surface area contributed by atoms with Gasteiger partial charge in [0.2, 0.25) is 0 Å². The van der Waals surface area contributed by atoms with Crippen molar-refractivity contribution in [3.05, 3.63) is 16.6 Å². The van der Waals surface area contributed by atoms with E-state index >= 15 is 0 Å². The normalized spacial score (nSPS) is 10.7. The van der Waals surface area contributed by atoms with Crippen LogP contribution < -0.4 is 0 Å². The summed E-state index contributed by atoms with van der Waals surface area (Å²) in [5.74, 6) is 1.48. The van der Waals surface area contributed by atoms with Crippen LogP contribution in [-0.2, 0) is 6.54 Å². The Balaban J connectivity index is 2.56. The standard InChI is InChI=1S/C8H10N4OS/c1-3-12-7(9-10-8(12)14)6-4-5(2)13-11-6/h4H,3H2,1-2H3,(H,10,14). The Morgan fingerprint density at radius 2 is 2.43 bits per heavy atom. The fourth-order valence-corrected chi connectivity index (χ4v) is 1.54. The zero-order chi connectivity index (χ0) is 10.1. The molecule has 0 spiro atoms. The Morgan fingerprint density at radius 1 is 1.64 bits per heavy atom. The maximum atomic E-state index is 5.07. The molecule has 0 amide bonds. The van der Waals surface area contributed by atoms with Gasteiger partial charge in [-0.1, -0.05) is 5.16 Å². The maximum Gasteiger partial charge on any atom is 0.195 e. The molecular weight excluding hydrogens is 200 g/mol. The summed E-state index contributed by atoms with van der Waals surface area (Å²) in [4.78, 5) is 0. The van der Waals surface area contributed by atoms with Crippen molar-refractivity contribution < 1.29 is 4.52 Å². The number of hydrogen-bond acceptors (Lipinski definition) is 4. The molecule has 2 aromatic heterocycles. The van der Waals surface area contributed by atoms with E-state index in [1.165, 1.54) is 0 Å². The first kappa shape index (κ1) is 9.14. The average Bonchev–Trinajstić information content (AvgIpc) is 2.71. The van der Waals surface area contributed by atoms with Crippen LogP contribution in [0.15, 0.2) is 10.6 Å². The smallest absolute Gasteiger partial charge is 0.195 e. The van der Waals surface area contributed by atoms with Gasteiger partial charge in [0.15, 0.2) is 16.3 Å². The summed E-state index contributed by atoms with van der Waals surface area (Å²) in [7, 11) is 0. The quantitative estimate of drug-likeness (QED) is 0.769. The summed E-state index contributed by atoms with van der Waals surface area (Å²) in [5, 5.41) is 10.7. The molecule has 0 unspecified atom stereocenters. The summed E-state index contributed by atoms with van der Waals surface area (Å²) in [6.07, 6.45) is 0. The third-order valence-corrected chi connectivity index (χ3v) is 2.24. The molecule has 2 rings (SSSR count). The molecule has 5 nitrogen and oxygen atoms in total. The minimum atomic E-state index is 0.600. The fourth-order valence-electron chi connectivity index (χ4n) is 1.28. The number of nitrogens with one attached hydrogen (secondary N) is 1. The summed E-state index contributed by atoms with van der Waals surface area (Å²) < 4.78 is 7.44. The Bertz CT molecular complexity index is 495. The minimum Gasteiger partial charge on any atom is -0.361 e. The first-order valence-electron chi connectivity index (χ1n) is 4.31. The molecule has 0 radical (unpaired) electrons. The molecule has 6 heteroatoms. The highest BCUT2D eigenvalue weighted by atomic mass is 32.1. The van der Waals surface area contributed by atoms with Crippen molar-refractivity contribution in [2.45, 2.75) is 20.4 Å². The molecule has 74 valence electrons. The van der Waals surface area contributed by atoms with Gasteiger partial charge >= 0.3 is 0 Å². The Morgan fingerprint density at radius 3 is 3.00 bits per heavy atom. The molecule has 0 fully saturated rings. The van der Waals surface area contributed by atoms with Crippen LogP contribution in [0.25, 0.3) is 11.5 Å². The summed E-state index contributed by atoms with van der Waals surface area (Å²) in [6.45, 7) is 4.60. The molecule has 2 aromatic rings. The van der Waals surface area contributed by atoms with E-state index in [2.05, 4.69) is 15.4 Å². The zero-order valence-corrected chi connectivity index (χ0v) is 8.76. The molecular formula is C8H10N4OS. The number of aryl methyl sites for hydroxylation is 1. The summed E-state index contributed by atoms with van der Waals surface area (Å²) >= 11 is 5.07. The predicted molar refractivity (Wildman–Crippen MR) is 53.3 cm³/mol. The first-order chi connectivity index (χ1) is 6.72. The zero-order valence-electron chi connectivity index (χ0n) is 7.94. The average molecular weight is 210 g/mol. The van der Waals surface area contributed by atoms with Crippen molar-refractivity contribution in [1.82, 2.24) is 19.9 Å². The number of rotatable bonds is 2. The van der Waals surface area contributed by atoms with Gasteiger partial charge in [0, 0.05) is 12.6 Å². The van der Waals surface area contributed by atoms with E-state index in [4.69, 9.17) is 16.7 Å². The molecule has 0 aliphatic heterocycles. The Labute approximate surface area is 85.7 Å². The lowest BCUT2D eigenvalue weighted by Crippen LogP contribution is -1.97. The van der Waals surface area contributed by atoms with Crippen LogP contribution in [0.5, 0.6) is 0 Å². The van der Waals surface area contributed by atoms with Crippen LogP contribution in [0.2, 0.25) is 0 Å². The van der Waals surface area contributed by atoms with E-state index in [9.17, 15) is 0 Å². The van der Waals surface area contributed by atoms with Crippen molar-refractivity contribution in [3.8, 4) is 11.5 Å². The molecule has 0 aliphatic carbocycles. The van der Waals surface area contributed by atoms with Gasteiger partial charge in [0.25, 0.3) is 0 Å². The van der Waals surface area contributed by atoms with E-state index in [1.54, 1.807) is 0 Å². The van der Waals surface area contributed by atoms with E-state index in [0.717, 1.165) is 12.3 Å². The number of nitrogens with zero attached hydrogens (tertiary/aromatic N) is 3. The highest BCUT2D eigenvalue weighted by molar-refractivity contribution is 7.71. The number of aromatic amines is 1. The van der Waals surface area contributed by atoms with Gasteiger partial charge in [0.1, 0.15) is 5.76 Å². The lowest BCUT2D eigenvalue weighted by atomic mass is 10.3. The van der Waals surface area contributed by atoms with Crippen molar-refractivity contribution in [3.63, 3.8) is 0 Å². The topological polar surface area (TPSA) is 59.6 Å². The molecule has 0 aromatic carbocycles. The molecule has 14 heavy (non-hydrogen) atoms. The highest BCUT2D eigenvalue weighted by Crippen LogP contribution is 2.16. The van der Waals surface area contributed by atoms with Crippen LogP contribution in [0, 0.1) is 11.7 Å². The van der Waals surface area contributed by atoms with E-state index in [-0.39, 0.29) is 0 Å². The second-order valence-corrected chi connectivity index (χ2v) is 3.31. The van der Waals surface area contributed by atoms with Gasteiger partial charge in [-0.3, -0.25) is 9.67 Å². The van der Waals surface area contributed by atoms with Crippen molar-refractivity contribution in [2.24, 2.45) is 0 Å². The van der Waals surface area contributed by atoms with E-state index in [0.29, 0.717) is 16.3 Å². The Kier molecular flexibility index (Phi) is 2.20. The number of aromatic nitrogens is 4. The molecule has 1 N–H and O–H groups in total. The number of hydrogen-bond donors (Lipinski definition) is 1. The molecule has 0 bridgehead atoms. The Hall–Kier alpha value is -1.43. The van der Waals surface area contributed by atoms with Crippen LogP contribution in [0.4, 0.5) is 0 Å². The third kappa shape index (κ3) is 1.37. The maximum absolute atomic E-state index is 5.07. The van der Waals surface area contributed by atoms with Gasteiger partial charge in [-0.25, -0.2) is 0 Å². The lowest BCUT2D eigenvalue weighted by Gasteiger charge is -1.97. The van der Waals surface area contributed by atoms with Gasteiger partial charge in [-0.05, 0) is 26.1 Å². The summed E-state index contributed by atoms with van der Waals surface area (Å²) in [5.41, 5.74) is 0.705. The van der Waals surface area contributed by atoms with Crippen molar-refractivity contribution in [2.75, 3.05) is 0 Å². The monoisotopic (exact) mass is 210 g/mol. The first-order valence-corrected chi connectivity index (χ1v) is 4.72. The van der Waals surface area contributed by atoms with Crippen LogP contribution in [-0.4, -0.2) is 19.9 Å². The second kappa shape index (κ2) is 3.38. The van der Waals surface area contributed by atoms with Crippen molar-refractivity contribution in [1.29, 1.82) is 0 Å². The van der Waals surface area contributed by atoms with Gasteiger partial charge in [-0.15, -0.1) is 0 Å². The van der Waals surface area contributed by atoms with Crippen LogP contribution in [0.1, 0.15) is 12.7 Å². The predicted octanol–water partition coefficient (Wildman–Crippen LogP) is 1.92. The molecule has 0 saturated carbocycles. The SMILES string of the molecule is CCn1c(-c2cc(C)on2)n[nH]c1=S. The van der Waals surface area contributed by atoms with Crippen LogP contribution in [0.3, 0.4) is 0 Å². The van der Waals surface area contributed by atoms with Gasteiger partial charge in [0.05, 0.1) is 0 Å². The molecule has 2 heterocycles. The minimum absolute atomic E-state index is 0.600. The van der Waals surface area contributed by atoms with Gasteiger partial charge < -0.3 is 4.52 Å². The largest absolute Gasteiger partial charge is 0.361 e.